The van der Waals surface area contributed by atoms with Crippen molar-refractivity contribution >= 4 is 10.0 Å². The Balaban J connectivity index is 1.92. The Kier molecular flexibility index (Phi) is 6.62. The lowest BCUT2D eigenvalue weighted by molar-refractivity contribution is 0.297. The molecule has 1 aliphatic carbocycles. The Hall–Kier alpha value is -0.910. The topological polar surface area (TPSA) is 49.4 Å². The standard InChI is InChI=1S/C18H30N2O2S/c1-4-15-8-10-17(11-9-15)18(20(2)3)14-19-23(21,22)13-12-16-6-5-7-16/h8-11,16,18-19H,4-7,12-14H2,1-3H3/t18-/m0/s1. The van der Waals surface area contributed by atoms with E-state index in [0.29, 0.717) is 12.5 Å². The van der Waals surface area contributed by atoms with E-state index in [9.17, 15) is 8.42 Å². The molecule has 0 amide bonds. The highest BCUT2D eigenvalue weighted by molar-refractivity contribution is 7.89. The number of hydrogen-bond acceptors (Lipinski definition) is 3. The minimum atomic E-state index is -3.18. The lowest BCUT2D eigenvalue weighted by Crippen LogP contribution is -2.36. The van der Waals surface area contributed by atoms with Crippen LogP contribution in [0.1, 0.15) is 49.8 Å². The Labute approximate surface area is 141 Å². The third-order valence-corrected chi connectivity index (χ3v) is 6.29. The summed E-state index contributed by atoms with van der Waals surface area (Å²) in [5.74, 6) is 0.880. The van der Waals surface area contributed by atoms with Gasteiger partial charge in [0.05, 0.1) is 5.75 Å². The summed E-state index contributed by atoms with van der Waals surface area (Å²) in [5, 5.41) is 0. The third kappa shape index (κ3) is 5.59. The third-order valence-electron chi connectivity index (χ3n) is 4.91. The van der Waals surface area contributed by atoms with Crippen molar-refractivity contribution in [3.05, 3.63) is 35.4 Å². The summed E-state index contributed by atoms with van der Waals surface area (Å²) in [4.78, 5) is 2.06. The van der Waals surface area contributed by atoms with Crippen LogP contribution in [-0.4, -0.2) is 39.7 Å². The fourth-order valence-corrected chi connectivity index (χ4v) is 4.16. The molecule has 130 valence electrons. The summed E-state index contributed by atoms with van der Waals surface area (Å²) >= 11 is 0. The van der Waals surface area contributed by atoms with Crippen LogP contribution in [0.2, 0.25) is 0 Å². The number of nitrogens with zero attached hydrogens (tertiary/aromatic N) is 1. The molecule has 1 fully saturated rings. The molecule has 5 heteroatoms. The van der Waals surface area contributed by atoms with Gasteiger partial charge in [-0.3, -0.25) is 0 Å². The molecular weight excluding hydrogens is 308 g/mol. The summed E-state index contributed by atoms with van der Waals surface area (Å²) in [7, 11) is 0.795. The normalized spacial score (nSPS) is 17.2. The molecule has 0 aromatic heterocycles. The van der Waals surface area contributed by atoms with Crippen LogP contribution in [0.5, 0.6) is 0 Å². The predicted molar refractivity (Wildman–Crippen MR) is 96.0 cm³/mol. The van der Waals surface area contributed by atoms with E-state index in [-0.39, 0.29) is 11.8 Å². The van der Waals surface area contributed by atoms with Crippen molar-refractivity contribution in [2.24, 2.45) is 5.92 Å². The zero-order valence-corrected chi connectivity index (χ0v) is 15.4. The predicted octanol–water partition coefficient (Wildman–Crippen LogP) is 2.96. The van der Waals surface area contributed by atoms with Gasteiger partial charge in [-0.15, -0.1) is 0 Å². The van der Waals surface area contributed by atoms with E-state index in [1.54, 1.807) is 0 Å². The molecule has 0 radical (unpaired) electrons. The van der Waals surface area contributed by atoms with Gasteiger partial charge in [0.1, 0.15) is 0 Å². The Morgan fingerprint density at radius 3 is 2.35 bits per heavy atom. The van der Waals surface area contributed by atoms with E-state index < -0.39 is 10.0 Å². The van der Waals surface area contributed by atoms with Crippen LogP contribution in [0.25, 0.3) is 0 Å². The van der Waals surface area contributed by atoms with E-state index in [1.807, 2.05) is 14.1 Å². The summed E-state index contributed by atoms with van der Waals surface area (Å²) in [5.41, 5.74) is 2.45. The summed E-state index contributed by atoms with van der Waals surface area (Å²) < 4.78 is 27.2. The van der Waals surface area contributed by atoms with Gasteiger partial charge < -0.3 is 4.90 Å². The first kappa shape index (κ1) is 18.4. The smallest absolute Gasteiger partial charge is 0.211 e. The van der Waals surface area contributed by atoms with E-state index >= 15 is 0 Å². The number of likely N-dealkylation sites (N-methyl/N-ethyl adjacent to an activating group) is 1. The van der Waals surface area contributed by atoms with Crippen LogP contribution in [0.4, 0.5) is 0 Å². The number of benzene rings is 1. The number of rotatable bonds is 9. The highest BCUT2D eigenvalue weighted by Crippen LogP contribution is 2.29. The lowest BCUT2D eigenvalue weighted by atomic mass is 9.84. The maximum atomic E-state index is 12.2. The van der Waals surface area contributed by atoms with Crippen molar-refractivity contribution < 1.29 is 8.42 Å². The molecule has 0 unspecified atom stereocenters. The molecule has 4 nitrogen and oxygen atoms in total. The zero-order chi connectivity index (χ0) is 16.9. The second-order valence-corrected chi connectivity index (χ2v) is 8.75. The quantitative estimate of drug-likeness (QED) is 0.753. The van der Waals surface area contributed by atoms with Gasteiger partial charge >= 0.3 is 0 Å². The van der Waals surface area contributed by atoms with Gasteiger partial charge in [0.2, 0.25) is 10.0 Å². The van der Waals surface area contributed by atoms with Crippen molar-refractivity contribution in [3.63, 3.8) is 0 Å². The van der Waals surface area contributed by atoms with Gasteiger partial charge in [0, 0.05) is 12.6 Å². The molecule has 1 aromatic carbocycles. The number of nitrogens with one attached hydrogen (secondary N) is 1. The first-order chi connectivity index (χ1) is 10.9. The number of aryl methyl sites for hydroxylation is 1. The molecule has 1 atom stereocenters. The maximum Gasteiger partial charge on any atom is 0.211 e. The van der Waals surface area contributed by atoms with E-state index in [4.69, 9.17) is 0 Å². The molecule has 0 spiro atoms. The largest absolute Gasteiger partial charge is 0.301 e. The van der Waals surface area contributed by atoms with Gasteiger partial charge in [-0.25, -0.2) is 13.1 Å². The molecule has 0 bridgehead atoms. The molecule has 2 rings (SSSR count). The van der Waals surface area contributed by atoms with E-state index in [0.717, 1.165) is 18.4 Å². The molecular formula is C18H30N2O2S. The summed E-state index contributed by atoms with van der Waals surface area (Å²) in [6.07, 6.45) is 5.46. The Bertz CT molecular complexity index is 578. The number of hydrogen-bond donors (Lipinski definition) is 1. The Morgan fingerprint density at radius 1 is 1.22 bits per heavy atom. The van der Waals surface area contributed by atoms with Gasteiger partial charge in [-0.05, 0) is 44.0 Å². The Morgan fingerprint density at radius 2 is 1.87 bits per heavy atom. The first-order valence-electron chi connectivity index (χ1n) is 8.64. The molecule has 1 aliphatic rings. The maximum absolute atomic E-state index is 12.2. The minimum Gasteiger partial charge on any atom is -0.301 e. The SMILES string of the molecule is CCc1ccc([C@H](CNS(=O)(=O)CCC2CCC2)N(C)C)cc1. The van der Waals surface area contributed by atoms with Crippen LogP contribution >= 0.6 is 0 Å². The van der Waals surface area contributed by atoms with Crippen molar-refractivity contribution in [2.75, 3.05) is 26.4 Å². The molecule has 0 saturated heterocycles. The minimum absolute atomic E-state index is 0.0550. The van der Waals surface area contributed by atoms with Crippen LogP contribution in [0.15, 0.2) is 24.3 Å². The molecule has 1 aromatic rings. The molecule has 23 heavy (non-hydrogen) atoms. The number of sulfonamides is 1. The first-order valence-corrected chi connectivity index (χ1v) is 10.3. The average molecular weight is 339 g/mol. The molecule has 0 aliphatic heterocycles. The van der Waals surface area contributed by atoms with Gasteiger partial charge in [-0.2, -0.15) is 0 Å². The van der Waals surface area contributed by atoms with Crippen molar-refractivity contribution in [3.8, 4) is 0 Å². The molecule has 1 saturated carbocycles. The second kappa shape index (κ2) is 8.27. The highest BCUT2D eigenvalue weighted by atomic mass is 32.2. The van der Waals surface area contributed by atoms with Crippen molar-refractivity contribution in [2.45, 2.75) is 45.1 Å². The van der Waals surface area contributed by atoms with E-state index in [1.165, 1.54) is 24.8 Å². The van der Waals surface area contributed by atoms with Crippen LogP contribution < -0.4 is 4.72 Å². The summed E-state index contributed by atoms with van der Waals surface area (Å²) in [6.45, 7) is 2.56. The lowest BCUT2D eigenvalue weighted by Gasteiger charge is -2.27. The molecule has 1 N–H and O–H groups in total. The summed E-state index contributed by atoms with van der Waals surface area (Å²) in [6, 6.07) is 8.51. The van der Waals surface area contributed by atoms with Crippen molar-refractivity contribution in [1.82, 2.24) is 9.62 Å². The fraction of sp³-hybridized carbons (Fsp3) is 0.667. The monoisotopic (exact) mass is 338 g/mol. The average Bonchev–Trinajstić information content (AvgIpc) is 2.46. The van der Waals surface area contributed by atoms with Crippen LogP contribution in [0.3, 0.4) is 0 Å². The van der Waals surface area contributed by atoms with Gasteiger partial charge in [0.15, 0.2) is 0 Å². The van der Waals surface area contributed by atoms with E-state index in [2.05, 4.69) is 40.8 Å². The van der Waals surface area contributed by atoms with Crippen LogP contribution in [-0.2, 0) is 16.4 Å². The second-order valence-electron chi connectivity index (χ2n) is 6.83. The fourth-order valence-electron chi connectivity index (χ4n) is 2.96. The molecule has 0 heterocycles. The highest BCUT2D eigenvalue weighted by Gasteiger charge is 2.22. The van der Waals surface area contributed by atoms with Gasteiger partial charge in [-0.1, -0.05) is 50.5 Å². The van der Waals surface area contributed by atoms with Crippen LogP contribution in [0, 0.1) is 5.92 Å². The van der Waals surface area contributed by atoms with Crippen molar-refractivity contribution in [1.29, 1.82) is 0 Å². The van der Waals surface area contributed by atoms with Gasteiger partial charge in [0.25, 0.3) is 0 Å². The zero-order valence-electron chi connectivity index (χ0n) is 14.6.